The van der Waals surface area contributed by atoms with Crippen LogP contribution in [0.15, 0.2) is 54.6 Å². The van der Waals surface area contributed by atoms with E-state index in [0.717, 1.165) is 57.0 Å². The summed E-state index contributed by atoms with van der Waals surface area (Å²) in [6.45, 7) is 6.37. The number of rotatable bonds is 9. The molecule has 1 atom stereocenters. The number of nitro groups is 1. The van der Waals surface area contributed by atoms with E-state index in [-0.39, 0.29) is 16.7 Å². The molecule has 0 saturated carbocycles. The van der Waals surface area contributed by atoms with Gasteiger partial charge < -0.3 is 4.90 Å². The molecular weight excluding hydrogens is 406 g/mol. The highest BCUT2D eigenvalue weighted by molar-refractivity contribution is 5.51. The maximum absolute atomic E-state index is 10.9. The van der Waals surface area contributed by atoms with Crippen molar-refractivity contribution in [2.75, 3.05) is 31.1 Å². The van der Waals surface area contributed by atoms with E-state index >= 15 is 0 Å². The van der Waals surface area contributed by atoms with Crippen molar-refractivity contribution >= 4 is 11.4 Å². The first-order valence-corrected chi connectivity index (χ1v) is 11.2. The van der Waals surface area contributed by atoms with E-state index in [0.29, 0.717) is 6.54 Å². The van der Waals surface area contributed by atoms with Gasteiger partial charge in [-0.2, -0.15) is 0 Å². The van der Waals surface area contributed by atoms with Gasteiger partial charge in [0, 0.05) is 44.0 Å². The summed E-state index contributed by atoms with van der Waals surface area (Å²) in [4.78, 5) is 15.3. The quantitative estimate of drug-likeness (QED) is 0.374. The van der Waals surface area contributed by atoms with Crippen molar-refractivity contribution < 1.29 is 4.92 Å². The fraction of sp³-hybridized carbons (Fsp3) is 0.435. The van der Waals surface area contributed by atoms with Gasteiger partial charge in [-0.25, -0.2) is 4.68 Å². The molecule has 1 aromatic heterocycles. The standard InChI is InChI=1S/C23H29N7O2/c1-2-3-9-22(23-24-25-26-29(23)18-19-7-5-4-6-8-19)28-16-14-27(15-17-28)20-10-12-21(13-11-20)30(31)32/h4-8,10-13,22H,2-3,9,14-18H2,1H3. The Labute approximate surface area is 187 Å². The number of piperazine rings is 1. The predicted octanol–water partition coefficient (Wildman–Crippen LogP) is 3.68. The second-order valence-corrected chi connectivity index (χ2v) is 8.13. The van der Waals surface area contributed by atoms with Crippen LogP contribution in [0.3, 0.4) is 0 Å². The Morgan fingerprint density at radius 2 is 1.75 bits per heavy atom. The zero-order valence-electron chi connectivity index (χ0n) is 18.4. The van der Waals surface area contributed by atoms with Gasteiger partial charge in [0.05, 0.1) is 17.5 Å². The maximum atomic E-state index is 10.9. The zero-order valence-corrected chi connectivity index (χ0v) is 18.4. The van der Waals surface area contributed by atoms with E-state index < -0.39 is 0 Å². The largest absolute Gasteiger partial charge is 0.369 e. The minimum atomic E-state index is -0.361. The van der Waals surface area contributed by atoms with Gasteiger partial charge in [0.2, 0.25) is 0 Å². The lowest BCUT2D eigenvalue weighted by Crippen LogP contribution is -2.48. The summed E-state index contributed by atoms with van der Waals surface area (Å²) in [5.41, 5.74) is 2.32. The summed E-state index contributed by atoms with van der Waals surface area (Å²) in [5, 5.41) is 23.6. The van der Waals surface area contributed by atoms with Crippen molar-refractivity contribution in [3.8, 4) is 0 Å². The topological polar surface area (TPSA) is 93.2 Å². The van der Waals surface area contributed by atoms with Crippen LogP contribution < -0.4 is 4.90 Å². The molecule has 2 aromatic carbocycles. The molecule has 1 aliphatic rings. The van der Waals surface area contributed by atoms with Crippen molar-refractivity contribution in [2.24, 2.45) is 0 Å². The van der Waals surface area contributed by atoms with Gasteiger partial charge in [-0.1, -0.05) is 50.1 Å². The number of benzene rings is 2. The molecular formula is C23H29N7O2. The van der Waals surface area contributed by atoms with E-state index in [4.69, 9.17) is 0 Å². The van der Waals surface area contributed by atoms with Crippen molar-refractivity contribution in [3.05, 3.63) is 76.1 Å². The van der Waals surface area contributed by atoms with E-state index in [1.165, 1.54) is 5.56 Å². The summed E-state index contributed by atoms with van der Waals surface area (Å²) in [6, 6.07) is 17.3. The van der Waals surface area contributed by atoms with Crippen molar-refractivity contribution in [1.29, 1.82) is 0 Å². The van der Waals surface area contributed by atoms with Crippen molar-refractivity contribution in [3.63, 3.8) is 0 Å². The van der Waals surface area contributed by atoms with Crippen LogP contribution in [0.25, 0.3) is 0 Å². The summed E-state index contributed by atoms with van der Waals surface area (Å²) >= 11 is 0. The minimum absolute atomic E-state index is 0.122. The summed E-state index contributed by atoms with van der Waals surface area (Å²) < 4.78 is 1.93. The third kappa shape index (κ3) is 5.11. The highest BCUT2D eigenvalue weighted by Crippen LogP contribution is 2.28. The van der Waals surface area contributed by atoms with Crippen LogP contribution in [0.2, 0.25) is 0 Å². The molecule has 1 fully saturated rings. The third-order valence-corrected chi connectivity index (χ3v) is 6.04. The molecule has 0 aliphatic carbocycles. The molecule has 168 valence electrons. The lowest BCUT2D eigenvalue weighted by Gasteiger charge is -2.39. The van der Waals surface area contributed by atoms with Crippen LogP contribution in [0.1, 0.15) is 43.6 Å². The Bertz CT molecular complexity index is 999. The average molecular weight is 436 g/mol. The third-order valence-electron chi connectivity index (χ3n) is 6.04. The van der Waals surface area contributed by atoms with Gasteiger partial charge in [0.1, 0.15) is 0 Å². The molecule has 9 heteroatoms. The fourth-order valence-corrected chi connectivity index (χ4v) is 4.27. The van der Waals surface area contributed by atoms with Crippen molar-refractivity contribution in [2.45, 2.75) is 38.8 Å². The summed E-state index contributed by atoms with van der Waals surface area (Å²) in [6.07, 6.45) is 3.26. The molecule has 0 N–H and O–H groups in total. The van der Waals surface area contributed by atoms with Gasteiger partial charge in [-0.3, -0.25) is 15.0 Å². The Balaban J connectivity index is 1.46. The maximum Gasteiger partial charge on any atom is 0.269 e. The lowest BCUT2D eigenvalue weighted by molar-refractivity contribution is -0.384. The molecule has 32 heavy (non-hydrogen) atoms. The highest BCUT2D eigenvalue weighted by atomic mass is 16.6. The summed E-state index contributed by atoms with van der Waals surface area (Å²) in [7, 11) is 0. The number of nitro benzene ring substituents is 1. The van der Waals surface area contributed by atoms with E-state index in [9.17, 15) is 10.1 Å². The van der Waals surface area contributed by atoms with Crippen LogP contribution >= 0.6 is 0 Å². The first kappa shape index (κ1) is 21.9. The molecule has 9 nitrogen and oxygen atoms in total. The van der Waals surface area contributed by atoms with Crippen molar-refractivity contribution in [1.82, 2.24) is 25.1 Å². The van der Waals surface area contributed by atoms with Gasteiger partial charge in [0.15, 0.2) is 5.82 Å². The first-order chi connectivity index (χ1) is 15.7. The number of hydrogen-bond acceptors (Lipinski definition) is 7. The van der Waals surface area contributed by atoms with E-state index in [2.05, 4.69) is 44.4 Å². The van der Waals surface area contributed by atoms with Gasteiger partial charge in [-0.15, -0.1) is 5.10 Å². The Hall–Kier alpha value is -3.33. The lowest BCUT2D eigenvalue weighted by atomic mass is 10.1. The minimum Gasteiger partial charge on any atom is -0.369 e. The Kier molecular flexibility index (Phi) is 7.06. The zero-order chi connectivity index (χ0) is 22.3. The smallest absolute Gasteiger partial charge is 0.269 e. The number of hydrogen-bond donors (Lipinski definition) is 0. The molecule has 4 rings (SSSR count). The number of tetrazole rings is 1. The molecule has 0 amide bonds. The second-order valence-electron chi connectivity index (χ2n) is 8.13. The van der Waals surface area contributed by atoms with Crippen LogP contribution in [0.5, 0.6) is 0 Å². The van der Waals surface area contributed by atoms with Crippen LogP contribution in [0, 0.1) is 10.1 Å². The molecule has 0 bridgehead atoms. The second kappa shape index (κ2) is 10.3. The monoisotopic (exact) mass is 435 g/mol. The summed E-state index contributed by atoms with van der Waals surface area (Å²) in [5.74, 6) is 0.922. The highest BCUT2D eigenvalue weighted by Gasteiger charge is 2.29. The fourth-order valence-electron chi connectivity index (χ4n) is 4.27. The molecule has 0 spiro atoms. The predicted molar refractivity (Wildman–Crippen MR) is 123 cm³/mol. The molecule has 0 radical (unpaired) electrons. The number of nitrogens with zero attached hydrogens (tertiary/aromatic N) is 7. The number of non-ortho nitro benzene ring substituents is 1. The molecule has 2 heterocycles. The van der Waals surface area contributed by atoms with Crippen LogP contribution in [0.4, 0.5) is 11.4 Å². The average Bonchev–Trinajstić information content (AvgIpc) is 3.28. The van der Waals surface area contributed by atoms with Crippen LogP contribution in [-0.4, -0.2) is 56.2 Å². The molecule has 1 aliphatic heterocycles. The first-order valence-electron chi connectivity index (χ1n) is 11.2. The number of unbranched alkanes of at least 4 members (excludes halogenated alkanes) is 1. The van der Waals surface area contributed by atoms with E-state index in [1.54, 1.807) is 12.1 Å². The van der Waals surface area contributed by atoms with Crippen LogP contribution in [-0.2, 0) is 6.54 Å². The molecule has 3 aromatic rings. The number of aromatic nitrogens is 4. The van der Waals surface area contributed by atoms with Gasteiger partial charge >= 0.3 is 0 Å². The molecule has 1 saturated heterocycles. The Morgan fingerprint density at radius 1 is 1.03 bits per heavy atom. The van der Waals surface area contributed by atoms with Gasteiger partial charge in [0.25, 0.3) is 5.69 Å². The SMILES string of the molecule is CCCCC(c1nnnn1Cc1ccccc1)N1CCN(c2ccc([N+](=O)[O-])cc2)CC1. The number of anilines is 1. The Morgan fingerprint density at radius 3 is 2.41 bits per heavy atom. The van der Waals surface area contributed by atoms with Gasteiger partial charge in [-0.05, 0) is 34.5 Å². The normalized spacial score (nSPS) is 15.6. The van der Waals surface area contributed by atoms with E-state index in [1.807, 2.05) is 35.0 Å². The molecule has 1 unspecified atom stereocenters.